The van der Waals surface area contributed by atoms with Gasteiger partial charge in [0.1, 0.15) is 24.6 Å². The molecular weight excluding hydrogens is 675 g/mol. The summed E-state index contributed by atoms with van der Waals surface area (Å²) in [4.78, 5) is 14.3. The summed E-state index contributed by atoms with van der Waals surface area (Å²) in [5, 5.41) is 5.84. The smallest absolute Gasteiger partial charge is 0.192 e. The normalized spacial score (nSPS) is 21.3. The molecule has 0 aliphatic carbocycles. The largest absolute Gasteiger partial charge is 0.414 e. The van der Waals surface area contributed by atoms with Crippen LogP contribution in [0.2, 0.25) is 54.4 Å². The summed E-state index contributed by atoms with van der Waals surface area (Å²) < 4.78 is 30.7. The van der Waals surface area contributed by atoms with Crippen molar-refractivity contribution < 1.29 is 18.0 Å². The predicted molar refractivity (Wildman–Crippen MR) is 214 cm³/mol. The van der Waals surface area contributed by atoms with Crippen LogP contribution in [0.3, 0.4) is 0 Å². The molecule has 0 saturated carbocycles. The molecule has 50 heavy (non-hydrogen) atoms. The van der Waals surface area contributed by atoms with Gasteiger partial charge in [-0.15, -0.1) is 0 Å². The zero-order valence-corrected chi connectivity index (χ0v) is 36.1. The number of hydrogen-bond acceptors (Lipinski definition) is 8. The van der Waals surface area contributed by atoms with Crippen LogP contribution < -0.4 is 5.32 Å². The Morgan fingerprint density at radius 1 is 0.720 bits per heavy atom. The van der Waals surface area contributed by atoms with Crippen LogP contribution in [0.4, 0.5) is 11.5 Å². The third kappa shape index (κ3) is 7.67. The van der Waals surface area contributed by atoms with Gasteiger partial charge in [-0.3, -0.25) is 4.57 Å². The van der Waals surface area contributed by atoms with Gasteiger partial charge in [-0.2, -0.15) is 0 Å². The molecule has 3 heterocycles. The Hall–Kier alpha value is -2.46. The van der Waals surface area contributed by atoms with Crippen molar-refractivity contribution in [3.05, 3.63) is 55.1 Å². The zero-order chi connectivity index (χ0) is 37.1. The van der Waals surface area contributed by atoms with E-state index in [2.05, 4.69) is 136 Å². The number of fused-ring (bicyclic) bond motifs is 2. The molecule has 1 fully saturated rings. The van der Waals surface area contributed by atoms with Crippen molar-refractivity contribution in [1.82, 2.24) is 19.5 Å². The molecule has 9 nitrogen and oxygen atoms in total. The Morgan fingerprint density at radius 2 is 1.30 bits per heavy atom. The number of hydrogen-bond donors (Lipinski definition) is 1. The molecule has 1 aliphatic heterocycles. The number of rotatable bonds is 10. The molecule has 5 rings (SSSR count). The number of nitrogens with one attached hydrogen (secondary N) is 1. The average molecular weight is 736 g/mol. The van der Waals surface area contributed by atoms with E-state index in [9.17, 15) is 0 Å². The van der Waals surface area contributed by atoms with Crippen molar-refractivity contribution >= 4 is 58.4 Å². The van der Waals surface area contributed by atoms with Crippen LogP contribution in [0, 0.1) is 0 Å². The molecule has 12 heteroatoms. The lowest BCUT2D eigenvalue weighted by atomic mass is 10.1. The zero-order valence-electron chi connectivity index (χ0n) is 33.1. The quantitative estimate of drug-likeness (QED) is 0.161. The Morgan fingerprint density at radius 3 is 1.92 bits per heavy atom. The molecule has 0 radical (unpaired) electrons. The summed E-state index contributed by atoms with van der Waals surface area (Å²) in [7, 11) is -6.69. The van der Waals surface area contributed by atoms with Gasteiger partial charge in [-0.25, -0.2) is 15.0 Å². The molecule has 1 saturated heterocycles. The summed E-state index contributed by atoms with van der Waals surface area (Å²) >= 11 is 0. The van der Waals surface area contributed by atoms with Crippen LogP contribution in [0.25, 0.3) is 21.9 Å². The maximum Gasteiger partial charge on any atom is 0.192 e. The summed E-state index contributed by atoms with van der Waals surface area (Å²) in [5.74, 6) is 0.636. The molecule has 274 valence electrons. The number of imidazole rings is 1. The van der Waals surface area contributed by atoms with Crippen molar-refractivity contribution in [2.24, 2.45) is 0 Å². The molecule has 0 spiro atoms. The van der Waals surface area contributed by atoms with Crippen LogP contribution in [-0.2, 0) is 18.0 Å². The molecule has 1 N–H and O–H groups in total. The molecule has 4 atom stereocenters. The average Bonchev–Trinajstić information content (AvgIpc) is 3.56. The second kappa shape index (κ2) is 13.5. The minimum absolute atomic E-state index is 0.00540. The van der Waals surface area contributed by atoms with Crippen LogP contribution >= 0.6 is 0 Å². The van der Waals surface area contributed by atoms with Crippen molar-refractivity contribution in [2.45, 2.75) is 141 Å². The van der Waals surface area contributed by atoms with Crippen LogP contribution in [0.15, 0.2) is 55.1 Å². The lowest BCUT2D eigenvalue weighted by molar-refractivity contribution is -0.0470. The van der Waals surface area contributed by atoms with E-state index in [1.807, 2.05) is 29.1 Å². The molecule has 2 aromatic carbocycles. The summed E-state index contributed by atoms with van der Waals surface area (Å²) in [6, 6.07) is 14.5. The number of aromatic nitrogens is 4. The Labute approximate surface area is 303 Å². The Bertz CT molecular complexity index is 1800. The standard InChI is InChI=1S/C38H61N5O4Si3/c1-36(2,3)48(10,11)44-23-29-31(46-49(12,13)37(4,5)6)32(47-50(14,15)38(7,8)9)35(45-29)43-25-41-30-33(39-24-40-34(30)43)42-28-22-18-20-26-19-16-17-21-27(26)28/h16-22,24-25,29,31-32,35H,23H2,1-15H3,(H,39,40,42)/t29-,31-,32-,35-/m1/s1. The first-order valence-corrected chi connectivity index (χ1v) is 26.7. The van der Waals surface area contributed by atoms with Gasteiger partial charge in [0.2, 0.25) is 0 Å². The van der Waals surface area contributed by atoms with Crippen LogP contribution in [0.1, 0.15) is 68.5 Å². The first kappa shape index (κ1) is 38.8. The monoisotopic (exact) mass is 735 g/mol. The van der Waals surface area contributed by atoms with Crippen molar-refractivity contribution in [3.63, 3.8) is 0 Å². The molecule has 1 aliphatic rings. The fourth-order valence-electron chi connectivity index (χ4n) is 5.47. The first-order chi connectivity index (χ1) is 22.9. The fourth-order valence-corrected chi connectivity index (χ4v) is 9.08. The number of ether oxygens (including phenoxy) is 1. The third-order valence-corrected chi connectivity index (χ3v) is 25.3. The first-order valence-electron chi connectivity index (χ1n) is 18.0. The van der Waals surface area contributed by atoms with E-state index in [0.29, 0.717) is 23.6 Å². The maximum absolute atomic E-state index is 7.38. The van der Waals surface area contributed by atoms with Crippen LogP contribution in [0.5, 0.6) is 0 Å². The summed E-state index contributed by atoms with van der Waals surface area (Å²) in [5.41, 5.74) is 2.30. The van der Waals surface area contributed by atoms with Crippen molar-refractivity contribution in [2.75, 3.05) is 11.9 Å². The highest BCUT2D eigenvalue weighted by Crippen LogP contribution is 2.47. The third-order valence-electron chi connectivity index (χ3n) is 11.8. The van der Waals surface area contributed by atoms with Crippen LogP contribution in [-0.4, -0.2) is 69.4 Å². The number of benzene rings is 2. The van der Waals surface area contributed by atoms with E-state index in [1.165, 1.54) is 0 Å². The van der Waals surface area contributed by atoms with E-state index in [-0.39, 0.29) is 27.3 Å². The molecular formula is C38H61N5O4Si3. The highest BCUT2D eigenvalue weighted by molar-refractivity contribution is 6.75. The molecule has 0 bridgehead atoms. The van der Waals surface area contributed by atoms with E-state index < -0.39 is 37.3 Å². The fraction of sp³-hybridized carbons (Fsp3) is 0.605. The van der Waals surface area contributed by atoms with Gasteiger partial charge >= 0.3 is 0 Å². The van der Waals surface area contributed by atoms with Gasteiger partial charge < -0.3 is 23.3 Å². The van der Waals surface area contributed by atoms with E-state index in [4.69, 9.17) is 28.0 Å². The van der Waals surface area contributed by atoms with E-state index >= 15 is 0 Å². The Kier molecular flexibility index (Phi) is 10.5. The second-order valence-electron chi connectivity index (χ2n) is 18.5. The van der Waals surface area contributed by atoms with Crippen molar-refractivity contribution in [3.8, 4) is 0 Å². The van der Waals surface area contributed by atoms with Crippen molar-refractivity contribution in [1.29, 1.82) is 0 Å². The topological polar surface area (TPSA) is 92.6 Å². The molecule has 4 aromatic rings. The summed E-state index contributed by atoms with van der Waals surface area (Å²) in [6.45, 7) is 34.7. The predicted octanol–water partition coefficient (Wildman–Crippen LogP) is 10.4. The minimum Gasteiger partial charge on any atom is -0.414 e. The SMILES string of the molecule is CC(C)(C)[Si](C)(C)OC[C@H]1O[C@@H](n2cnc3c(Nc4cccc5ccccc45)ncnc32)[C@H](O[Si](C)(C)C(C)(C)C)[C@@H]1O[Si](C)(C)C(C)(C)C. The molecule has 2 aromatic heterocycles. The van der Waals surface area contributed by atoms with E-state index in [0.717, 1.165) is 16.5 Å². The van der Waals surface area contributed by atoms with E-state index in [1.54, 1.807) is 6.33 Å². The van der Waals surface area contributed by atoms with Gasteiger partial charge in [0.25, 0.3) is 0 Å². The number of anilines is 2. The maximum atomic E-state index is 7.38. The highest BCUT2D eigenvalue weighted by atomic mass is 28.4. The minimum atomic E-state index is -2.32. The van der Waals surface area contributed by atoms with Gasteiger partial charge in [-0.1, -0.05) is 98.7 Å². The highest BCUT2D eigenvalue weighted by Gasteiger charge is 2.55. The van der Waals surface area contributed by atoms with Gasteiger partial charge in [0.05, 0.1) is 12.9 Å². The lowest BCUT2D eigenvalue weighted by Crippen LogP contribution is -2.54. The van der Waals surface area contributed by atoms with Gasteiger partial charge in [0, 0.05) is 11.1 Å². The Balaban J connectivity index is 1.60. The molecule has 0 amide bonds. The second-order valence-corrected chi connectivity index (χ2v) is 32.8. The molecule has 0 unspecified atom stereocenters. The number of nitrogens with zero attached hydrogens (tertiary/aromatic N) is 4. The van der Waals surface area contributed by atoms with Gasteiger partial charge in [-0.05, 0) is 65.8 Å². The van der Waals surface area contributed by atoms with Gasteiger partial charge in [0.15, 0.2) is 48.2 Å². The lowest BCUT2D eigenvalue weighted by Gasteiger charge is -2.44. The summed E-state index contributed by atoms with van der Waals surface area (Å²) in [6.07, 6.45) is 1.80.